The Morgan fingerprint density at radius 1 is 1.08 bits per heavy atom. The third kappa shape index (κ3) is 6.06. The van der Waals surface area contributed by atoms with Crippen molar-refractivity contribution < 1.29 is 29.3 Å². The van der Waals surface area contributed by atoms with Crippen LogP contribution >= 0.6 is 11.6 Å². The van der Waals surface area contributed by atoms with Crippen molar-refractivity contribution in [1.82, 2.24) is 15.5 Å². The number of fused-ring (bicyclic) bond motifs is 2. The molecule has 0 aliphatic carbocycles. The summed E-state index contributed by atoms with van der Waals surface area (Å²) in [7, 11) is 0. The number of β-amino-alcohol motifs (C(OH)–C–C–N with tert-alkyl or cyclic N) is 1. The lowest BCUT2D eigenvalue weighted by Crippen LogP contribution is -2.63. The van der Waals surface area contributed by atoms with Crippen molar-refractivity contribution in [2.45, 2.75) is 50.9 Å². The summed E-state index contributed by atoms with van der Waals surface area (Å²) in [6.07, 6.45) is 0.344. The van der Waals surface area contributed by atoms with Crippen LogP contribution in [0.15, 0.2) is 42.0 Å². The minimum atomic E-state index is -0.993. The van der Waals surface area contributed by atoms with Crippen molar-refractivity contribution in [3.8, 4) is 11.5 Å². The van der Waals surface area contributed by atoms with Gasteiger partial charge in [-0.1, -0.05) is 23.7 Å². The van der Waals surface area contributed by atoms with Gasteiger partial charge in [0, 0.05) is 25.7 Å². The number of carbonyl (C=O) groups is 2. The SMILES string of the molecule is Cc1cc(Cl)c(OCCOc2ccc(C3=C(C(=O)O)[C@@H]4CN(C(=O)[C@@H]5C[C@@H](O)CN5)C[C@H](C3)N4)cc2)cc1C. The molecule has 0 spiro atoms. The van der Waals surface area contributed by atoms with Gasteiger partial charge in [-0.2, -0.15) is 0 Å². The number of halogens is 1. The highest BCUT2D eigenvalue weighted by molar-refractivity contribution is 6.32. The maximum absolute atomic E-state index is 13.0. The Labute approximate surface area is 232 Å². The fourth-order valence-electron chi connectivity index (χ4n) is 5.60. The highest BCUT2D eigenvalue weighted by Gasteiger charge is 2.41. The summed E-state index contributed by atoms with van der Waals surface area (Å²) < 4.78 is 11.6. The number of rotatable bonds is 8. The second kappa shape index (κ2) is 11.6. The summed E-state index contributed by atoms with van der Waals surface area (Å²) >= 11 is 6.27. The quantitative estimate of drug-likeness (QED) is 0.367. The number of ether oxygens (including phenoxy) is 2. The molecule has 2 aromatic carbocycles. The molecule has 39 heavy (non-hydrogen) atoms. The normalized spacial score (nSPS) is 24.6. The van der Waals surface area contributed by atoms with Gasteiger partial charge in [0.2, 0.25) is 5.91 Å². The van der Waals surface area contributed by atoms with Gasteiger partial charge in [0.1, 0.15) is 24.7 Å². The van der Waals surface area contributed by atoms with Crippen LogP contribution in [0.25, 0.3) is 5.57 Å². The lowest BCUT2D eigenvalue weighted by atomic mass is 9.83. The van der Waals surface area contributed by atoms with Crippen LogP contribution in [0.3, 0.4) is 0 Å². The molecule has 3 heterocycles. The Balaban J connectivity index is 1.22. The van der Waals surface area contributed by atoms with E-state index in [9.17, 15) is 19.8 Å². The largest absolute Gasteiger partial charge is 0.490 e. The second-order valence-corrected chi connectivity index (χ2v) is 10.9. The van der Waals surface area contributed by atoms with E-state index in [1.165, 1.54) is 0 Å². The third-order valence-corrected chi connectivity index (χ3v) is 8.01. The summed E-state index contributed by atoms with van der Waals surface area (Å²) in [5.74, 6) is 0.206. The monoisotopic (exact) mass is 555 g/mol. The molecule has 208 valence electrons. The van der Waals surface area contributed by atoms with Gasteiger partial charge in [-0.3, -0.25) is 4.79 Å². The third-order valence-electron chi connectivity index (χ3n) is 7.71. The van der Waals surface area contributed by atoms with Crippen LogP contribution < -0.4 is 20.1 Å². The molecule has 5 rings (SSSR count). The molecular formula is C29H34ClN3O6. The zero-order valence-electron chi connectivity index (χ0n) is 22.1. The molecule has 4 atom stereocenters. The molecule has 2 bridgehead atoms. The van der Waals surface area contributed by atoms with Crippen molar-refractivity contribution in [2.24, 2.45) is 0 Å². The van der Waals surface area contributed by atoms with Crippen molar-refractivity contribution in [2.75, 3.05) is 32.8 Å². The Hall–Kier alpha value is -3.11. The van der Waals surface area contributed by atoms with Crippen molar-refractivity contribution >= 4 is 29.1 Å². The molecule has 4 N–H and O–H groups in total. The smallest absolute Gasteiger partial charge is 0.333 e. The number of aryl methyl sites for hydroxylation is 2. The van der Waals surface area contributed by atoms with Gasteiger partial charge in [0.25, 0.3) is 0 Å². The molecule has 0 radical (unpaired) electrons. The van der Waals surface area contributed by atoms with E-state index in [2.05, 4.69) is 10.6 Å². The molecule has 1 amide bonds. The van der Waals surface area contributed by atoms with E-state index in [1.54, 1.807) is 4.90 Å². The van der Waals surface area contributed by atoms with Crippen molar-refractivity contribution in [3.63, 3.8) is 0 Å². The van der Waals surface area contributed by atoms with Gasteiger partial charge in [0.05, 0.1) is 28.8 Å². The Kier molecular flexibility index (Phi) is 8.13. The van der Waals surface area contributed by atoms with Crippen LogP contribution in [0, 0.1) is 13.8 Å². The number of hydrogen-bond acceptors (Lipinski definition) is 7. The van der Waals surface area contributed by atoms with Crippen LogP contribution in [-0.2, 0) is 9.59 Å². The van der Waals surface area contributed by atoms with E-state index in [0.29, 0.717) is 55.7 Å². The van der Waals surface area contributed by atoms with Crippen LogP contribution in [0.1, 0.15) is 29.5 Å². The molecule has 3 aliphatic heterocycles. The topological polar surface area (TPSA) is 120 Å². The number of hydrogen-bond donors (Lipinski definition) is 4. The zero-order valence-corrected chi connectivity index (χ0v) is 22.8. The molecule has 2 fully saturated rings. The van der Waals surface area contributed by atoms with Gasteiger partial charge in [0.15, 0.2) is 0 Å². The molecule has 9 nitrogen and oxygen atoms in total. The van der Waals surface area contributed by atoms with Gasteiger partial charge in [-0.15, -0.1) is 0 Å². The van der Waals surface area contributed by atoms with Gasteiger partial charge in [-0.05, 0) is 73.2 Å². The summed E-state index contributed by atoms with van der Waals surface area (Å²) in [5, 5.41) is 26.9. The van der Waals surface area contributed by atoms with Crippen LogP contribution in [0.5, 0.6) is 11.5 Å². The summed E-state index contributed by atoms with van der Waals surface area (Å²) in [6.45, 7) is 5.83. The molecule has 0 unspecified atom stereocenters. The highest BCUT2D eigenvalue weighted by Crippen LogP contribution is 2.34. The number of aliphatic hydroxyl groups is 1. The van der Waals surface area contributed by atoms with Crippen LogP contribution in [-0.4, -0.2) is 84.1 Å². The minimum Gasteiger partial charge on any atom is -0.490 e. The lowest BCUT2D eigenvalue weighted by Gasteiger charge is -2.44. The van der Waals surface area contributed by atoms with Gasteiger partial charge >= 0.3 is 5.97 Å². The van der Waals surface area contributed by atoms with E-state index in [0.717, 1.165) is 22.3 Å². The predicted molar refractivity (Wildman–Crippen MR) is 147 cm³/mol. The average molecular weight is 556 g/mol. The van der Waals surface area contributed by atoms with E-state index in [-0.39, 0.29) is 24.1 Å². The number of benzene rings is 2. The molecule has 0 saturated carbocycles. The number of nitrogens with zero attached hydrogens (tertiary/aromatic N) is 1. The van der Waals surface area contributed by atoms with Crippen molar-refractivity contribution in [3.05, 3.63) is 63.7 Å². The number of carboxylic acid groups (broad SMARTS) is 1. The standard InChI is InChI=1S/C29H34ClN3O6/c1-16-9-23(30)26(10-17(16)2)39-8-7-38-21-5-3-18(4-6-21)22-11-19-14-33(15-25(32-19)27(22)29(36)37)28(35)24-12-20(34)13-31-24/h3-6,9-10,19-20,24-25,31-32,34H,7-8,11-15H2,1-2H3,(H,36,37)/t19-,20+,24-,25-/m0/s1. The number of nitrogens with one attached hydrogen (secondary N) is 2. The molecule has 10 heteroatoms. The first-order chi connectivity index (χ1) is 18.7. The first-order valence-electron chi connectivity index (χ1n) is 13.2. The summed E-state index contributed by atoms with van der Waals surface area (Å²) in [5.41, 5.74) is 4.10. The molecule has 2 aromatic rings. The zero-order chi connectivity index (χ0) is 27.7. The number of amides is 1. The van der Waals surface area contributed by atoms with E-state index in [4.69, 9.17) is 21.1 Å². The average Bonchev–Trinajstić information content (AvgIpc) is 3.34. The first-order valence-corrected chi connectivity index (χ1v) is 13.6. The fourth-order valence-corrected chi connectivity index (χ4v) is 5.87. The number of carboxylic acids is 1. The van der Waals surface area contributed by atoms with E-state index in [1.807, 2.05) is 50.2 Å². The van der Waals surface area contributed by atoms with Gasteiger partial charge < -0.3 is 35.2 Å². The van der Waals surface area contributed by atoms with Gasteiger partial charge in [-0.25, -0.2) is 4.79 Å². The first kappa shape index (κ1) is 27.5. The number of aliphatic hydroxyl groups excluding tert-OH is 1. The van der Waals surface area contributed by atoms with E-state index >= 15 is 0 Å². The molecular weight excluding hydrogens is 522 g/mol. The molecule has 0 aromatic heterocycles. The predicted octanol–water partition coefficient (Wildman–Crippen LogP) is 2.55. The lowest BCUT2D eigenvalue weighted by molar-refractivity contribution is -0.137. The fraction of sp³-hybridized carbons (Fsp3) is 0.448. The maximum Gasteiger partial charge on any atom is 0.333 e. The number of piperazine rings is 1. The van der Waals surface area contributed by atoms with Crippen LogP contribution in [0.4, 0.5) is 0 Å². The second-order valence-electron chi connectivity index (χ2n) is 10.5. The highest BCUT2D eigenvalue weighted by atomic mass is 35.5. The summed E-state index contributed by atoms with van der Waals surface area (Å²) in [4.78, 5) is 27.1. The Morgan fingerprint density at radius 3 is 2.49 bits per heavy atom. The molecule has 3 aliphatic rings. The minimum absolute atomic E-state index is 0.0533. The van der Waals surface area contributed by atoms with Crippen LogP contribution in [0.2, 0.25) is 5.02 Å². The Bertz CT molecular complexity index is 1280. The number of carbonyl (C=O) groups excluding carboxylic acids is 1. The summed E-state index contributed by atoms with van der Waals surface area (Å²) in [6, 6.07) is 10.3. The molecule has 2 saturated heterocycles. The van der Waals surface area contributed by atoms with E-state index < -0.39 is 24.2 Å². The van der Waals surface area contributed by atoms with Crippen molar-refractivity contribution in [1.29, 1.82) is 0 Å². The number of aliphatic carboxylic acids is 1. The Morgan fingerprint density at radius 2 is 1.79 bits per heavy atom. The maximum atomic E-state index is 13.0.